The molecule has 1 saturated heterocycles. The highest BCUT2D eigenvalue weighted by molar-refractivity contribution is 5.95. The second kappa shape index (κ2) is 7.28. The van der Waals surface area contributed by atoms with Crippen molar-refractivity contribution in [3.8, 4) is 0 Å². The molecule has 126 valence electrons. The maximum Gasteiger partial charge on any atom is 0.305 e. The molecule has 0 aliphatic carbocycles. The van der Waals surface area contributed by atoms with E-state index in [1.165, 1.54) is 19.3 Å². The lowest BCUT2D eigenvalue weighted by atomic mass is 9.86. The average Bonchev–Trinajstić information content (AvgIpc) is 3.01. The highest BCUT2D eigenvalue weighted by atomic mass is 16.5. The van der Waals surface area contributed by atoms with Crippen molar-refractivity contribution in [2.45, 2.75) is 37.8 Å². The van der Waals surface area contributed by atoms with Crippen LogP contribution in [-0.2, 0) is 14.3 Å². The molecule has 0 aromatic carbocycles. The number of hydrogen-bond donors (Lipinski definition) is 3. The van der Waals surface area contributed by atoms with Gasteiger partial charge >= 0.3 is 5.97 Å². The quantitative estimate of drug-likeness (QED) is 0.703. The van der Waals surface area contributed by atoms with Gasteiger partial charge in [0.15, 0.2) is 5.76 Å². The minimum atomic E-state index is -0.987. The van der Waals surface area contributed by atoms with Crippen molar-refractivity contribution < 1.29 is 28.6 Å². The first kappa shape index (κ1) is 17.0. The van der Waals surface area contributed by atoms with Gasteiger partial charge in [-0.3, -0.25) is 14.4 Å². The summed E-state index contributed by atoms with van der Waals surface area (Å²) in [5.74, 6) is -1.82. The fourth-order valence-corrected chi connectivity index (χ4v) is 2.51. The Morgan fingerprint density at radius 1 is 1.35 bits per heavy atom. The van der Waals surface area contributed by atoms with Crippen LogP contribution >= 0.6 is 0 Å². The van der Waals surface area contributed by atoms with Gasteiger partial charge in [-0.25, -0.2) is 0 Å². The normalized spacial score (nSPS) is 18.0. The molecule has 1 unspecified atom stereocenters. The Hall–Kier alpha value is -2.35. The summed E-state index contributed by atoms with van der Waals surface area (Å²) in [6.07, 6.45) is 2.03. The van der Waals surface area contributed by atoms with Gasteiger partial charge < -0.3 is 24.9 Å². The van der Waals surface area contributed by atoms with Crippen LogP contribution in [0.5, 0.6) is 0 Å². The molecule has 0 bridgehead atoms. The zero-order valence-corrected chi connectivity index (χ0v) is 12.8. The monoisotopic (exact) mass is 324 g/mol. The molecule has 1 aromatic heterocycles. The summed E-state index contributed by atoms with van der Waals surface area (Å²) in [5.41, 5.74) is -0.842. The standard InChI is InChI=1S/C15H20N2O6/c1-10(16-14(21)11-3-2-6-23-11)13(20)17-15(9-12(18)19)4-7-22-8-5-15/h2-3,6,10H,4-5,7-9H2,1H3,(H,16,21)(H,17,20)(H,18,19). The lowest BCUT2D eigenvalue weighted by Gasteiger charge is -2.37. The maximum absolute atomic E-state index is 12.3. The Kier molecular flexibility index (Phi) is 5.38. The molecule has 0 saturated carbocycles. The van der Waals surface area contributed by atoms with Gasteiger partial charge in [0.25, 0.3) is 5.91 Å². The number of carboxylic acids is 1. The second-order valence-corrected chi connectivity index (χ2v) is 5.62. The number of ether oxygens (including phenoxy) is 1. The van der Waals surface area contributed by atoms with Gasteiger partial charge in [-0.05, 0) is 31.9 Å². The van der Waals surface area contributed by atoms with E-state index in [1.54, 1.807) is 6.07 Å². The number of aliphatic carboxylic acids is 1. The summed E-state index contributed by atoms with van der Waals surface area (Å²) >= 11 is 0. The predicted molar refractivity (Wildman–Crippen MR) is 78.8 cm³/mol. The van der Waals surface area contributed by atoms with E-state index >= 15 is 0 Å². The third-order valence-electron chi connectivity index (χ3n) is 3.81. The molecule has 1 aromatic rings. The van der Waals surface area contributed by atoms with Crippen LogP contribution in [0, 0.1) is 0 Å². The molecule has 0 spiro atoms. The number of furan rings is 1. The Morgan fingerprint density at radius 3 is 2.61 bits per heavy atom. The summed E-state index contributed by atoms with van der Waals surface area (Å²) < 4.78 is 10.2. The molecule has 1 atom stereocenters. The number of rotatable bonds is 6. The highest BCUT2D eigenvalue weighted by Gasteiger charge is 2.37. The van der Waals surface area contributed by atoms with E-state index in [2.05, 4.69) is 10.6 Å². The predicted octanol–water partition coefficient (Wildman–Crippen LogP) is 0.538. The van der Waals surface area contributed by atoms with Crippen molar-refractivity contribution in [1.82, 2.24) is 10.6 Å². The third-order valence-corrected chi connectivity index (χ3v) is 3.81. The van der Waals surface area contributed by atoms with Crippen molar-refractivity contribution in [2.24, 2.45) is 0 Å². The zero-order chi connectivity index (χ0) is 16.9. The maximum atomic E-state index is 12.3. The molecular weight excluding hydrogens is 304 g/mol. The fraction of sp³-hybridized carbons (Fsp3) is 0.533. The minimum absolute atomic E-state index is 0.107. The van der Waals surface area contributed by atoms with E-state index in [0.717, 1.165) is 0 Å². The first-order valence-electron chi connectivity index (χ1n) is 7.38. The SMILES string of the molecule is CC(NC(=O)c1ccco1)C(=O)NC1(CC(=O)O)CCOCC1. The smallest absolute Gasteiger partial charge is 0.305 e. The van der Waals surface area contributed by atoms with Gasteiger partial charge in [-0.15, -0.1) is 0 Å². The van der Waals surface area contributed by atoms with E-state index in [-0.39, 0.29) is 12.2 Å². The van der Waals surface area contributed by atoms with Crippen molar-refractivity contribution in [3.05, 3.63) is 24.2 Å². The molecule has 8 nitrogen and oxygen atoms in total. The van der Waals surface area contributed by atoms with Crippen LogP contribution in [-0.4, -0.2) is 47.7 Å². The van der Waals surface area contributed by atoms with Crippen LogP contribution in [0.3, 0.4) is 0 Å². The van der Waals surface area contributed by atoms with Crippen LogP contribution in [0.25, 0.3) is 0 Å². The number of nitrogens with one attached hydrogen (secondary N) is 2. The topological polar surface area (TPSA) is 118 Å². The lowest BCUT2D eigenvalue weighted by Crippen LogP contribution is -2.57. The Morgan fingerprint density at radius 2 is 2.04 bits per heavy atom. The number of amides is 2. The molecule has 2 rings (SSSR count). The molecule has 3 N–H and O–H groups in total. The van der Waals surface area contributed by atoms with E-state index in [9.17, 15) is 14.4 Å². The van der Waals surface area contributed by atoms with Crippen LogP contribution in [0.4, 0.5) is 0 Å². The van der Waals surface area contributed by atoms with Gasteiger partial charge in [-0.2, -0.15) is 0 Å². The molecule has 2 amide bonds. The first-order chi connectivity index (χ1) is 10.9. The Labute approximate surface area is 133 Å². The van der Waals surface area contributed by atoms with Crippen LogP contribution < -0.4 is 10.6 Å². The van der Waals surface area contributed by atoms with Crippen molar-refractivity contribution in [3.63, 3.8) is 0 Å². The number of carbonyl (C=O) groups excluding carboxylic acids is 2. The summed E-state index contributed by atoms with van der Waals surface area (Å²) in [6, 6.07) is 2.24. The first-order valence-corrected chi connectivity index (χ1v) is 7.38. The van der Waals surface area contributed by atoms with Crippen molar-refractivity contribution >= 4 is 17.8 Å². The third kappa shape index (κ3) is 4.56. The number of carboxylic acid groups (broad SMARTS) is 1. The molecule has 1 fully saturated rings. The molecular formula is C15H20N2O6. The van der Waals surface area contributed by atoms with E-state index in [0.29, 0.717) is 26.1 Å². The van der Waals surface area contributed by atoms with Gasteiger partial charge in [0.2, 0.25) is 5.91 Å². The van der Waals surface area contributed by atoms with Gasteiger partial charge in [0.1, 0.15) is 6.04 Å². The zero-order valence-electron chi connectivity index (χ0n) is 12.8. The minimum Gasteiger partial charge on any atom is -0.481 e. The number of carbonyl (C=O) groups is 3. The van der Waals surface area contributed by atoms with Crippen molar-refractivity contribution in [2.75, 3.05) is 13.2 Å². The molecule has 1 aliphatic rings. The molecule has 23 heavy (non-hydrogen) atoms. The summed E-state index contributed by atoms with van der Waals surface area (Å²) in [4.78, 5) is 35.3. The van der Waals surface area contributed by atoms with Crippen LogP contribution in [0.15, 0.2) is 22.8 Å². The van der Waals surface area contributed by atoms with Crippen molar-refractivity contribution in [1.29, 1.82) is 0 Å². The summed E-state index contributed by atoms with van der Waals surface area (Å²) in [5, 5.41) is 14.4. The second-order valence-electron chi connectivity index (χ2n) is 5.62. The lowest BCUT2D eigenvalue weighted by molar-refractivity contribution is -0.140. The fourth-order valence-electron chi connectivity index (χ4n) is 2.51. The molecule has 0 radical (unpaired) electrons. The van der Waals surface area contributed by atoms with Crippen LogP contribution in [0.2, 0.25) is 0 Å². The van der Waals surface area contributed by atoms with Gasteiger partial charge in [-0.1, -0.05) is 0 Å². The van der Waals surface area contributed by atoms with Gasteiger partial charge in [0.05, 0.1) is 18.2 Å². The van der Waals surface area contributed by atoms with Crippen LogP contribution in [0.1, 0.15) is 36.7 Å². The number of hydrogen-bond acceptors (Lipinski definition) is 5. The Bertz CT molecular complexity index is 563. The summed E-state index contributed by atoms with van der Waals surface area (Å²) in [7, 11) is 0. The average molecular weight is 324 g/mol. The Balaban J connectivity index is 1.97. The van der Waals surface area contributed by atoms with Gasteiger partial charge in [0, 0.05) is 13.2 Å². The highest BCUT2D eigenvalue weighted by Crippen LogP contribution is 2.24. The van der Waals surface area contributed by atoms with E-state index in [1.807, 2.05) is 0 Å². The molecule has 8 heteroatoms. The molecule has 2 heterocycles. The molecule has 1 aliphatic heterocycles. The largest absolute Gasteiger partial charge is 0.481 e. The van der Waals surface area contributed by atoms with E-state index < -0.39 is 29.4 Å². The van der Waals surface area contributed by atoms with E-state index in [4.69, 9.17) is 14.3 Å². The summed E-state index contributed by atoms with van der Waals surface area (Å²) in [6.45, 7) is 2.31.